The van der Waals surface area contributed by atoms with E-state index < -0.39 is 0 Å². The van der Waals surface area contributed by atoms with Gasteiger partial charge in [0.25, 0.3) is 5.91 Å². The van der Waals surface area contributed by atoms with E-state index >= 15 is 0 Å². The highest BCUT2D eigenvalue weighted by Crippen LogP contribution is 2.21. The Morgan fingerprint density at radius 1 is 1.13 bits per heavy atom. The third kappa shape index (κ3) is 5.73. The number of anilines is 1. The molecule has 1 aromatic carbocycles. The van der Waals surface area contributed by atoms with Crippen LogP contribution in [0.5, 0.6) is 0 Å². The van der Waals surface area contributed by atoms with Crippen LogP contribution in [0.3, 0.4) is 0 Å². The topological polar surface area (TPSA) is 87.5 Å². The molecule has 8 nitrogen and oxygen atoms in total. The van der Waals surface area contributed by atoms with Crippen LogP contribution in [0.15, 0.2) is 36.4 Å². The Labute approximate surface area is 186 Å². The summed E-state index contributed by atoms with van der Waals surface area (Å²) in [4.78, 5) is 37.3. The van der Waals surface area contributed by atoms with E-state index in [-0.39, 0.29) is 30.6 Å². The highest BCUT2D eigenvalue weighted by molar-refractivity contribution is 6.31. The molecule has 0 spiro atoms. The molecule has 1 aromatic heterocycles. The lowest BCUT2D eigenvalue weighted by molar-refractivity contribution is -0.154. The fraction of sp³-hybridized carbons (Fsp3) is 0.364. The number of carbonyl (C=O) groups is 3. The predicted molar refractivity (Wildman–Crippen MR) is 119 cm³/mol. The maximum atomic E-state index is 12.7. The standard InChI is InChI=1S/C22H26ClN5O3/c1-16-18(22(23)26(2)25-16)12-13-21(31)28-15-7-14-27(28)20(30)11-6-10-19(29)24-17-8-4-3-5-9-17/h3-5,8-9,12-13H,6-7,10-11,14-15H2,1-2H3,(H,24,29). The first-order valence-corrected chi connectivity index (χ1v) is 10.6. The minimum absolute atomic E-state index is 0.139. The van der Waals surface area contributed by atoms with Crippen molar-refractivity contribution in [1.82, 2.24) is 19.8 Å². The average molecular weight is 444 g/mol. The van der Waals surface area contributed by atoms with Crippen LogP contribution in [0.1, 0.15) is 36.9 Å². The van der Waals surface area contributed by atoms with Gasteiger partial charge in [-0.05, 0) is 38.0 Å². The molecule has 31 heavy (non-hydrogen) atoms. The monoisotopic (exact) mass is 443 g/mol. The Balaban J connectivity index is 1.51. The van der Waals surface area contributed by atoms with E-state index in [0.29, 0.717) is 36.6 Å². The van der Waals surface area contributed by atoms with Gasteiger partial charge < -0.3 is 5.32 Å². The number of aryl methyl sites for hydroxylation is 2. The normalized spacial score (nSPS) is 13.8. The lowest BCUT2D eigenvalue weighted by Gasteiger charge is -2.27. The van der Waals surface area contributed by atoms with Crippen LogP contribution in [0, 0.1) is 6.92 Å². The number of nitrogens with zero attached hydrogens (tertiary/aromatic N) is 4. The number of aromatic nitrogens is 2. The van der Waals surface area contributed by atoms with E-state index in [2.05, 4.69) is 10.4 Å². The lowest BCUT2D eigenvalue weighted by atomic mass is 10.2. The van der Waals surface area contributed by atoms with Crippen LogP contribution < -0.4 is 5.32 Å². The summed E-state index contributed by atoms with van der Waals surface area (Å²) in [6, 6.07) is 9.18. The van der Waals surface area contributed by atoms with Gasteiger partial charge in [0.05, 0.1) is 5.69 Å². The number of benzene rings is 1. The van der Waals surface area contributed by atoms with Gasteiger partial charge in [0.1, 0.15) is 5.15 Å². The third-order valence-electron chi connectivity index (χ3n) is 5.01. The van der Waals surface area contributed by atoms with Crippen molar-refractivity contribution >= 4 is 41.1 Å². The van der Waals surface area contributed by atoms with Crippen LogP contribution in [-0.4, -0.2) is 50.6 Å². The van der Waals surface area contributed by atoms with E-state index in [0.717, 1.165) is 11.4 Å². The zero-order valence-electron chi connectivity index (χ0n) is 17.7. The number of halogens is 1. The summed E-state index contributed by atoms with van der Waals surface area (Å²) in [7, 11) is 1.73. The summed E-state index contributed by atoms with van der Waals surface area (Å²) in [5.74, 6) is -0.589. The maximum absolute atomic E-state index is 12.7. The smallest absolute Gasteiger partial charge is 0.265 e. The van der Waals surface area contributed by atoms with Gasteiger partial charge in [0, 0.05) is 50.3 Å². The second kappa shape index (κ2) is 10.3. The molecule has 2 heterocycles. The summed E-state index contributed by atoms with van der Waals surface area (Å²) in [5.41, 5.74) is 2.13. The molecule has 1 saturated heterocycles. The number of carbonyl (C=O) groups excluding carboxylic acids is 3. The molecule has 2 aromatic rings. The summed E-state index contributed by atoms with van der Waals surface area (Å²) in [5, 5.41) is 10.4. The van der Waals surface area contributed by atoms with E-state index in [1.165, 1.54) is 16.1 Å². The first kappa shape index (κ1) is 22.6. The van der Waals surface area contributed by atoms with Crippen molar-refractivity contribution in [2.24, 2.45) is 7.05 Å². The number of nitrogens with one attached hydrogen (secondary N) is 1. The van der Waals surface area contributed by atoms with Crippen molar-refractivity contribution in [2.75, 3.05) is 18.4 Å². The molecule has 9 heteroatoms. The fourth-order valence-corrected chi connectivity index (χ4v) is 3.69. The van der Waals surface area contributed by atoms with Gasteiger partial charge in [-0.15, -0.1) is 0 Å². The molecule has 1 N–H and O–H groups in total. The minimum atomic E-state index is -0.285. The van der Waals surface area contributed by atoms with Gasteiger partial charge in [-0.2, -0.15) is 5.10 Å². The summed E-state index contributed by atoms with van der Waals surface area (Å²) >= 11 is 6.20. The highest BCUT2D eigenvalue weighted by atomic mass is 35.5. The molecular weight excluding hydrogens is 418 g/mol. The molecule has 0 bridgehead atoms. The number of para-hydroxylation sites is 1. The number of rotatable bonds is 7. The van der Waals surface area contributed by atoms with Gasteiger partial charge in [-0.3, -0.25) is 24.1 Å². The van der Waals surface area contributed by atoms with Crippen molar-refractivity contribution in [3.05, 3.63) is 52.8 Å². The SMILES string of the molecule is Cc1nn(C)c(Cl)c1C=CC(=O)N1CCCN1C(=O)CCCC(=O)Nc1ccccc1. The number of amides is 3. The average Bonchev–Trinajstić information content (AvgIpc) is 3.32. The molecule has 0 atom stereocenters. The summed E-state index contributed by atoms with van der Waals surface area (Å²) < 4.78 is 1.54. The first-order valence-electron chi connectivity index (χ1n) is 10.2. The Morgan fingerprint density at radius 3 is 2.52 bits per heavy atom. The highest BCUT2D eigenvalue weighted by Gasteiger charge is 2.29. The Bertz CT molecular complexity index is 987. The molecule has 0 radical (unpaired) electrons. The van der Waals surface area contributed by atoms with Crippen LogP contribution in [0.4, 0.5) is 5.69 Å². The van der Waals surface area contributed by atoms with Gasteiger partial charge >= 0.3 is 0 Å². The van der Waals surface area contributed by atoms with E-state index in [1.54, 1.807) is 17.8 Å². The molecule has 0 saturated carbocycles. The maximum Gasteiger partial charge on any atom is 0.265 e. The van der Waals surface area contributed by atoms with E-state index in [1.807, 2.05) is 37.3 Å². The molecule has 1 fully saturated rings. The van der Waals surface area contributed by atoms with Crippen LogP contribution >= 0.6 is 11.6 Å². The third-order valence-corrected chi connectivity index (χ3v) is 5.46. The molecule has 3 amide bonds. The van der Waals surface area contributed by atoms with Crippen molar-refractivity contribution in [3.8, 4) is 0 Å². The van der Waals surface area contributed by atoms with Crippen molar-refractivity contribution in [1.29, 1.82) is 0 Å². The summed E-state index contributed by atoms with van der Waals surface area (Å²) in [6.45, 7) is 2.78. The van der Waals surface area contributed by atoms with Crippen molar-refractivity contribution in [3.63, 3.8) is 0 Å². The number of hydrazine groups is 1. The van der Waals surface area contributed by atoms with E-state index in [9.17, 15) is 14.4 Å². The molecule has 1 aliphatic rings. The van der Waals surface area contributed by atoms with Gasteiger partial charge in [0.2, 0.25) is 11.8 Å². The zero-order chi connectivity index (χ0) is 22.4. The molecule has 0 aliphatic carbocycles. The number of hydrogen-bond acceptors (Lipinski definition) is 4. The molecule has 164 valence electrons. The Kier molecular flexibility index (Phi) is 7.46. The second-order valence-electron chi connectivity index (χ2n) is 7.35. The quantitative estimate of drug-likeness (QED) is 0.666. The van der Waals surface area contributed by atoms with Crippen LogP contribution in [0.25, 0.3) is 6.08 Å². The van der Waals surface area contributed by atoms with Gasteiger partial charge in [-0.25, -0.2) is 5.01 Å². The molecular formula is C22H26ClN5O3. The Hall–Kier alpha value is -3.13. The molecule has 1 aliphatic heterocycles. The van der Waals surface area contributed by atoms with E-state index in [4.69, 9.17) is 11.6 Å². The van der Waals surface area contributed by atoms with Gasteiger partial charge in [0.15, 0.2) is 0 Å². The fourth-order valence-electron chi connectivity index (χ4n) is 3.45. The molecule has 0 unspecified atom stereocenters. The molecule has 3 rings (SSSR count). The Morgan fingerprint density at radius 2 is 1.84 bits per heavy atom. The zero-order valence-corrected chi connectivity index (χ0v) is 18.4. The van der Waals surface area contributed by atoms with Crippen LogP contribution in [0.2, 0.25) is 5.15 Å². The first-order chi connectivity index (χ1) is 14.9. The largest absolute Gasteiger partial charge is 0.326 e. The predicted octanol–water partition coefficient (Wildman–Crippen LogP) is 3.18. The minimum Gasteiger partial charge on any atom is -0.326 e. The lowest BCUT2D eigenvalue weighted by Crippen LogP contribution is -2.44. The number of hydrogen-bond donors (Lipinski definition) is 1. The van der Waals surface area contributed by atoms with Gasteiger partial charge in [-0.1, -0.05) is 29.8 Å². The second-order valence-corrected chi connectivity index (χ2v) is 7.70. The van der Waals surface area contributed by atoms with Crippen molar-refractivity contribution < 1.29 is 14.4 Å². The van der Waals surface area contributed by atoms with Crippen LogP contribution in [-0.2, 0) is 21.4 Å². The van der Waals surface area contributed by atoms with Crippen molar-refractivity contribution in [2.45, 2.75) is 32.6 Å². The summed E-state index contributed by atoms with van der Waals surface area (Å²) in [6.07, 6.45) is 4.60.